The summed E-state index contributed by atoms with van der Waals surface area (Å²) in [5.74, 6) is -0.0418. The summed E-state index contributed by atoms with van der Waals surface area (Å²) in [6.07, 6.45) is 6.85. The molecule has 2 aromatic rings. The lowest BCUT2D eigenvalue weighted by atomic mass is 10.1. The van der Waals surface area contributed by atoms with E-state index >= 15 is 0 Å². The van der Waals surface area contributed by atoms with Gasteiger partial charge >= 0.3 is 0 Å². The normalized spacial score (nSPS) is 12.2. The highest BCUT2D eigenvalue weighted by molar-refractivity contribution is 5.83. The maximum atomic E-state index is 12.4. The number of nitrogens with zero attached hydrogens (tertiary/aromatic N) is 3. The van der Waals surface area contributed by atoms with Crippen molar-refractivity contribution in [1.29, 1.82) is 0 Å². The number of aromatic nitrogens is 2. The predicted octanol–water partition coefficient (Wildman–Crippen LogP) is 1.40. The van der Waals surface area contributed by atoms with E-state index in [2.05, 4.69) is 15.3 Å². The molecule has 0 radical (unpaired) electrons. The standard InChI is InChI=1S/C15H18N4O/c1-19(2)14(13-4-3-7-17-11-13)15(20)18-10-12-5-8-16-9-6-12/h3-9,11,14H,10H2,1-2H3,(H,18,20). The van der Waals surface area contributed by atoms with Gasteiger partial charge in [-0.1, -0.05) is 6.07 Å². The van der Waals surface area contributed by atoms with E-state index in [0.717, 1.165) is 11.1 Å². The van der Waals surface area contributed by atoms with Gasteiger partial charge in [0.15, 0.2) is 0 Å². The van der Waals surface area contributed by atoms with Crippen molar-refractivity contribution in [3.63, 3.8) is 0 Å². The molecule has 1 unspecified atom stereocenters. The van der Waals surface area contributed by atoms with Crippen molar-refractivity contribution >= 4 is 5.91 Å². The molecule has 104 valence electrons. The van der Waals surface area contributed by atoms with E-state index in [1.54, 1.807) is 24.8 Å². The highest BCUT2D eigenvalue weighted by Gasteiger charge is 2.22. The fourth-order valence-corrected chi connectivity index (χ4v) is 2.01. The number of amides is 1. The average Bonchev–Trinajstić information content (AvgIpc) is 2.47. The van der Waals surface area contributed by atoms with Crippen LogP contribution in [0.2, 0.25) is 0 Å². The quantitative estimate of drug-likeness (QED) is 0.892. The zero-order chi connectivity index (χ0) is 14.4. The summed E-state index contributed by atoms with van der Waals surface area (Å²) in [5, 5.41) is 2.94. The molecule has 0 aromatic carbocycles. The fraction of sp³-hybridized carbons (Fsp3) is 0.267. The van der Waals surface area contributed by atoms with Gasteiger partial charge in [0.25, 0.3) is 0 Å². The first-order chi connectivity index (χ1) is 9.68. The van der Waals surface area contributed by atoms with Crippen molar-refractivity contribution < 1.29 is 4.79 Å². The number of hydrogen-bond acceptors (Lipinski definition) is 4. The van der Waals surface area contributed by atoms with E-state index < -0.39 is 0 Å². The average molecular weight is 270 g/mol. The summed E-state index contributed by atoms with van der Waals surface area (Å²) in [7, 11) is 3.76. The lowest BCUT2D eigenvalue weighted by molar-refractivity contribution is -0.125. The molecule has 0 saturated heterocycles. The minimum Gasteiger partial charge on any atom is -0.350 e. The summed E-state index contributed by atoms with van der Waals surface area (Å²) < 4.78 is 0. The topological polar surface area (TPSA) is 58.1 Å². The molecule has 2 rings (SSSR count). The third-order valence-electron chi connectivity index (χ3n) is 2.98. The first kappa shape index (κ1) is 14.1. The van der Waals surface area contributed by atoms with Gasteiger partial charge in [0.05, 0.1) is 0 Å². The molecule has 0 fully saturated rings. The number of likely N-dealkylation sites (N-methyl/N-ethyl adjacent to an activating group) is 1. The van der Waals surface area contributed by atoms with Crippen LogP contribution >= 0.6 is 0 Å². The van der Waals surface area contributed by atoms with E-state index in [9.17, 15) is 4.79 Å². The van der Waals surface area contributed by atoms with Gasteiger partial charge in [-0.25, -0.2) is 0 Å². The molecule has 0 spiro atoms. The van der Waals surface area contributed by atoms with Crippen LogP contribution in [0, 0.1) is 0 Å². The van der Waals surface area contributed by atoms with Crippen molar-refractivity contribution in [1.82, 2.24) is 20.2 Å². The molecule has 5 nitrogen and oxygen atoms in total. The van der Waals surface area contributed by atoms with Gasteiger partial charge in [-0.3, -0.25) is 19.7 Å². The van der Waals surface area contributed by atoms with Gasteiger partial charge in [-0.2, -0.15) is 0 Å². The molecule has 0 bridgehead atoms. The van der Waals surface area contributed by atoms with Gasteiger partial charge in [0, 0.05) is 31.3 Å². The van der Waals surface area contributed by atoms with Gasteiger partial charge in [0.2, 0.25) is 5.91 Å². The summed E-state index contributed by atoms with van der Waals surface area (Å²) in [5.41, 5.74) is 1.90. The first-order valence-electron chi connectivity index (χ1n) is 6.41. The van der Waals surface area contributed by atoms with Gasteiger partial charge in [-0.15, -0.1) is 0 Å². The molecule has 5 heteroatoms. The maximum absolute atomic E-state index is 12.4. The second-order valence-electron chi connectivity index (χ2n) is 4.73. The van der Waals surface area contributed by atoms with Crippen LogP contribution in [0.3, 0.4) is 0 Å². The highest BCUT2D eigenvalue weighted by atomic mass is 16.2. The molecule has 2 aromatic heterocycles. The van der Waals surface area contributed by atoms with E-state index in [-0.39, 0.29) is 11.9 Å². The predicted molar refractivity (Wildman–Crippen MR) is 76.7 cm³/mol. The Labute approximate surface area is 118 Å². The number of carbonyl (C=O) groups is 1. The Balaban J connectivity index is 2.05. The van der Waals surface area contributed by atoms with Crippen molar-refractivity contribution in [2.45, 2.75) is 12.6 Å². The van der Waals surface area contributed by atoms with E-state index in [1.165, 1.54) is 0 Å². The van der Waals surface area contributed by atoms with Crippen molar-refractivity contribution in [3.8, 4) is 0 Å². The number of carbonyl (C=O) groups excluding carboxylic acids is 1. The zero-order valence-corrected chi connectivity index (χ0v) is 11.7. The molecular formula is C15H18N4O. The van der Waals surface area contributed by atoms with Crippen LogP contribution in [0.1, 0.15) is 17.2 Å². The summed E-state index contributed by atoms with van der Waals surface area (Å²) >= 11 is 0. The number of pyridine rings is 2. The van der Waals surface area contributed by atoms with Gasteiger partial charge < -0.3 is 5.32 Å². The summed E-state index contributed by atoms with van der Waals surface area (Å²) in [4.78, 5) is 22.3. The minimum absolute atomic E-state index is 0.0418. The summed E-state index contributed by atoms with van der Waals surface area (Å²) in [6, 6.07) is 7.17. The van der Waals surface area contributed by atoms with E-state index in [4.69, 9.17) is 0 Å². The lowest BCUT2D eigenvalue weighted by Gasteiger charge is -2.23. The minimum atomic E-state index is -0.342. The Hall–Kier alpha value is -2.27. The Morgan fingerprint density at radius 2 is 1.95 bits per heavy atom. The number of nitrogens with one attached hydrogen (secondary N) is 1. The Morgan fingerprint density at radius 1 is 1.20 bits per heavy atom. The summed E-state index contributed by atoms with van der Waals surface area (Å²) in [6.45, 7) is 0.492. The molecular weight excluding hydrogens is 252 g/mol. The second kappa shape index (κ2) is 6.77. The third kappa shape index (κ3) is 3.61. The highest BCUT2D eigenvalue weighted by Crippen LogP contribution is 2.17. The Morgan fingerprint density at radius 3 is 2.55 bits per heavy atom. The molecule has 0 aliphatic heterocycles. The fourth-order valence-electron chi connectivity index (χ4n) is 2.01. The molecule has 2 heterocycles. The van der Waals surface area contributed by atoms with Gasteiger partial charge in [-0.05, 0) is 43.4 Å². The lowest BCUT2D eigenvalue weighted by Crippen LogP contribution is -2.36. The monoisotopic (exact) mass is 270 g/mol. The zero-order valence-electron chi connectivity index (χ0n) is 11.7. The smallest absolute Gasteiger partial charge is 0.242 e. The SMILES string of the molecule is CN(C)C(C(=O)NCc1ccncc1)c1cccnc1. The number of rotatable bonds is 5. The largest absolute Gasteiger partial charge is 0.350 e. The number of hydrogen-bond donors (Lipinski definition) is 1. The van der Waals surface area contributed by atoms with E-state index in [0.29, 0.717) is 6.54 Å². The molecule has 1 atom stereocenters. The van der Waals surface area contributed by atoms with Crippen LogP contribution in [-0.4, -0.2) is 34.9 Å². The third-order valence-corrected chi connectivity index (χ3v) is 2.98. The molecule has 0 aliphatic rings. The molecule has 0 saturated carbocycles. The van der Waals surface area contributed by atoms with Crippen molar-refractivity contribution in [2.75, 3.05) is 14.1 Å². The molecule has 1 amide bonds. The van der Waals surface area contributed by atoms with Crippen LogP contribution in [0.15, 0.2) is 49.1 Å². The van der Waals surface area contributed by atoms with E-state index in [1.807, 2.05) is 43.3 Å². The Kier molecular flexibility index (Phi) is 4.79. The maximum Gasteiger partial charge on any atom is 0.242 e. The van der Waals surface area contributed by atoms with Crippen LogP contribution in [0.5, 0.6) is 0 Å². The van der Waals surface area contributed by atoms with Crippen LogP contribution in [-0.2, 0) is 11.3 Å². The Bertz CT molecular complexity index is 542. The van der Waals surface area contributed by atoms with Gasteiger partial charge in [0.1, 0.15) is 6.04 Å². The first-order valence-corrected chi connectivity index (χ1v) is 6.41. The van der Waals surface area contributed by atoms with Crippen LogP contribution in [0.25, 0.3) is 0 Å². The molecule has 20 heavy (non-hydrogen) atoms. The molecule has 0 aliphatic carbocycles. The van der Waals surface area contributed by atoms with Crippen LogP contribution < -0.4 is 5.32 Å². The second-order valence-corrected chi connectivity index (χ2v) is 4.73. The van der Waals surface area contributed by atoms with Crippen molar-refractivity contribution in [3.05, 3.63) is 60.2 Å². The molecule has 1 N–H and O–H groups in total. The van der Waals surface area contributed by atoms with Crippen LogP contribution in [0.4, 0.5) is 0 Å². The van der Waals surface area contributed by atoms with Crippen molar-refractivity contribution in [2.24, 2.45) is 0 Å².